The summed E-state index contributed by atoms with van der Waals surface area (Å²) in [4.78, 5) is 26.1. The molecule has 2 fully saturated rings. The lowest BCUT2D eigenvalue weighted by molar-refractivity contribution is -0.0507. The predicted molar refractivity (Wildman–Crippen MR) is 120 cm³/mol. The molecule has 0 atom stereocenters. The normalized spacial score (nSPS) is 18.8. The number of nitrogens with zero attached hydrogens (tertiary/aromatic N) is 4. The Morgan fingerprint density at radius 2 is 1.76 bits per heavy atom. The number of halogens is 1. The number of benzene rings is 2. The van der Waals surface area contributed by atoms with Crippen LogP contribution in [0.3, 0.4) is 0 Å². The first-order valence-corrected chi connectivity index (χ1v) is 11.1. The van der Waals surface area contributed by atoms with Gasteiger partial charge < -0.3 is 19.3 Å². The molecule has 6 rings (SSSR count). The summed E-state index contributed by atoms with van der Waals surface area (Å²) in [6.07, 6.45) is 3.29. The van der Waals surface area contributed by atoms with E-state index in [1.165, 1.54) is 6.07 Å². The van der Waals surface area contributed by atoms with Gasteiger partial charge in [0.15, 0.2) is 0 Å². The highest BCUT2D eigenvalue weighted by Gasteiger charge is 2.49. The summed E-state index contributed by atoms with van der Waals surface area (Å²) >= 11 is 0. The maximum Gasteiger partial charge on any atom is 0.254 e. The van der Waals surface area contributed by atoms with Gasteiger partial charge in [-0.3, -0.25) is 4.79 Å². The van der Waals surface area contributed by atoms with E-state index in [1.807, 2.05) is 28.0 Å². The summed E-state index contributed by atoms with van der Waals surface area (Å²) in [6.45, 7) is 4.24. The van der Waals surface area contributed by atoms with E-state index >= 15 is 0 Å². The first-order chi connectivity index (χ1) is 16.1. The molecule has 0 bridgehead atoms. The van der Waals surface area contributed by atoms with Gasteiger partial charge >= 0.3 is 0 Å². The Bertz CT molecular complexity index is 1210. The van der Waals surface area contributed by atoms with E-state index < -0.39 is 0 Å². The van der Waals surface area contributed by atoms with Crippen LogP contribution in [-0.2, 0) is 14.9 Å². The molecule has 3 aliphatic heterocycles. The first kappa shape index (κ1) is 20.3. The summed E-state index contributed by atoms with van der Waals surface area (Å²) in [5.74, 6) is 0.218. The zero-order chi connectivity index (χ0) is 22.4. The standard InChI is InChI=1S/C25H23FN4O3/c26-21-4-2-1-3-19(21)18-12-27-24(28-13-18)30-14-25(15-33-16-25)20-6-5-17(11-22(20)30)23(31)29-7-9-32-10-8-29/h1-6,11-13H,7-10,14-16H2. The third kappa shape index (κ3) is 3.37. The summed E-state index contributed by atoms with van der Waals surface area (Å²) in [5.41, 5.74) is 3.68. The molecule has 0 radical (unpaired) electrons. The Morgan fingerprint density at radius 3 is 2.45 bits per heavy atom. The number of hydrogen-bond acceptors (Lipinski definition) is 6. The second-order valence-electron chi connectivity index (χ2n) is 8.75. The van der Waals surface area contributed by atoms with Crippen LogP contribution in [0, 0.1) is 5.82 Å². The molecule has 3 aliphatic rings. The van der Waals surface area contributed by atoms with E-state index in [0.29, 0.717) is 68.7 Å². The molecule has 0 unspecified atom stereocenters. The van der Waals surface area contributed by atoms with Crippen molar-refractivity contribution < 1.29 is 18.7 Å². The number of aromatic nitrogens is 2. The van der Waals surface area contributed by atoms with E-state index in [9.17, 15) is 9.18 Å². The fourth-order valence-corrected chi connectivity index (χ4v) is 4.83. The molecule has 8 heteroatoms. The number of fused-ring (bicyclic) bond motifs is 2. The summed E-state index contributed by atoms with van der Waals surface area (Å²) < 4.78 is 25.1. The number of amides is 1. The number of hydrogen-bond donors (Lipinski definition) is 0. The van der Waals surface area contributed by atoms with Gasteiger partial charge in [-0.2, -0.15) is 0 Å². The average Bonchev–Trinajstić information content (AvgIpc) is 3.20. The maximum absolute atomic E-state index is 14.2. The molecule has 1 aromatic heterocycles. The van der Waals surface area contributed by atoms with Gasteiger partial charge in [0.05, 0.1) is 31.8 Å². The van der Waals surface area contributed by atoms with E-state index in [4.69, 9.17) is 9.47 Å². The van der Waals surface area contributed by atoms with Crippen molar-refractivity contribution >= 4 is 17.5 Å². The van der Waals surface area contributed by atoms with Crippen molar-refractivity contribution in [3.05, 3.63) is 71.8 Å². The predicted octanol–water partition coefficient (Wildman–Crippen LogP) is 3.17. The summed E-state index contributed by atoms with van der Waals surface area (Å²) in [7, 11) is 0. The molecule has 3 aromatic rings. The lowest BCUT2D eigenvalue weighted by atomic mass is 9.80. The van der Waals surface area contributed by atoms with E-state index in [-0.39, 0.29) is 17.1 Å². The fraction of sp³-hybridized carbons (Fsp3) is 0.320. The van der Waals surface area contributed by atoms with Crippen LogP contribution in [0.5, 0.6) is 0 Å². The second kappa shape index (κ2) is 7.90. The van der Waals surface area contributed by atoms with Crippen molar-refractivity contribution in [3.8, 4) is 11.1 Å². The quantitative estimate of drug-likeness (QED) is 0.616. The van der Waals surface area contributed by atoms with E-state index in [1.54, 1.807) is 30.6 Å². The van der Waals surface area contributed by atoms with Crippen molar-refractivity contribution in [2.75, 3.05) is 51.0 Å². The molecule has 0 aliphatic carbocycles. The van der Waals surface area contributed by atoms with Crippen LogP contribution in [0.25, 0.3) is 11.1 Å². The number of carbonyl (C=O) groups is 1. The highest BCUT2D eigenvalue weighted by Crippen LogP contribution is 2.48. The molecule has 1 spiro atoms. The third-order valence-corrected chi connectivity index (χ3v) is 6.69. The van der Waals surface area contributed by atoms with Crippen LogP contribution in [0.15, 0.2) is 54.9 Å². The van der Waals surface area contributed by atoms with Crippen LogP contribution in [0.4, 0.5) is 16.0 Å². The lowest BCUT2D eigenvalue weighted by Gasteiger charge is -2.38. The van der Waals surface area contributed by atoms with Crippen LogP contribution in [0.1, 0.15) is 15.9 Å². The smallest absolute Gasteiger partial charge is 0.254 e. The van der Waals surface area contributed by atoms with Crippen LogP contribution in [0.2, 0.25) is 0 Å². The van der Waals surface area contributed by atoms with Gasteiger partial charge in [-0.25, -0.2) is 14.4 Å². The van der Waals surface area contributed by atoms with Gasteiger partial charge in [0.25, 0.3) is 5.91 Å². The number of ether oxygens (including phenoxy) is 2. The molecule has 1 amide bonds. The molecule has 2 saturated heterocycles. The van der Waals surface area contributed by atoms with Gasteiger partial charge in [-0.15, -0.1) is 0 Å². The molecule has 168 valence electrons. The minimum atomic E-state index is -0.308. The Morgan fingerprint density at radius 1 is 1.00 bits per heavy atom. The van der Waals surface area contributed by atoms with Crippen molar-refractivity contribution in [2.45, 2.75) is 5.41 Å². The van der Waals surface area contributed by atoms with Crippen molar-refractivity contribution in [1.82, 2.24) is 14.9 Å². The molecular weight excluding hydrogens is 423 g/mol. The minimum absolute atomic E-state index is 0.00248. The highest BCUT2D eigenvalue weighted by atomic mass is 19.1. The number of rotatable bonds is 3. The molecular formula is C25H23FN4O3. The molecule has 7 nitrogen and oxygen atoms in total. The minimum Gasteiger partial charge on any atom is -0.379 e. The molecule has 0 saturated carbocycles. The molecule has 2 aromatic carbocycles. The third-order valence-electron chi connectivity index (χ3n) is 6.69. The zero-order valence-corrected chi connectivity index (χ0v) is 18.0. The molecule has 33 heavy (non-hydrogen) atoms. The number of morpholine rings is 1. The Hall–Kier alpha value is -3.36. The molecule has 4 heterocycles. The summed E-state index contributed by atoms with van der Waals surface area (Å²) in [5, 5.41) is 0. The average molecular weight is 446 g/mol. The Labute approximate surface area is 190 Å². The fourth-order valence-electron chi connectivity index (χ4n) is 4.83. The van der Waals surface area contributed by atoms with Crippen molar-refractivity contribution in [3.63, 3.8) is 0 Å². The van der Waals surface area contributed by atoms with Gasteiger partial charge in [-0.1, -0.05) is 24.3 Å². The monoisotopic (exact) mass is 446 g/mol. The number of anilines is 2. The van der Waals surface area contributed by atoms with Crippen LogP contribution < -0.4 is 4.90 Å². The number of carbonyl (C=O) groups excluding carboxylic acids is 1. The van der Waals surface area contributed by atoms with Crippen molar-refractivity contribution in [2.24, 2.45) is 0 Å². The summed E-state index contributed by atoms with van der Waals surface area (Å²) in [6, 6.07) is 12.5. The molecule has 0 N–H and O–H groups in total. The highest BCUT2D eigenvalue weighted by molar-refractivity contribution is 5.96. The van der Waals surface area contributed by atoms with E-state index in [2.05, 4.69) is 9.97 Å². The first-order valence-electron chi connectivity index (χ1n) is 11.1. The maximum atomic E-state index is 14.2. The topological polar surface area (TPSA) is 67.8 Å². The lowest BCUT2D eigenvalue weighted by Crippen LogP contribution is -2.49. The van der Waals surface area contributed by atoms with Crippen molar-refractivity contribution in [1.29, 1.82) is 0 Å². The van der Waals surface area contributed by atoms with Gasteiger partial charge in [0.2, 0.25) is 5.95 Å². The largest absolute Gasteiger partial charge is 0.379 e. The van der Waals surface area contributed by atoms with E-state index in [0.717, 1.165) is 11.3 Å². The van der Waals surface area contributed by atoms with Gasteiger partial charge in [0, 0.05) is 54.4 Å². The van der Waals surface area contributed by atoms with Gasteiger partial charge in [0.1, 0.15) is 5.82 Å². The van der Waals surface area contributed by atoms with Gasteiger partial charge in [-0.05, 0) is 23.8 Å². The second-order valence-corrected chi connectivity index (χ2v) is 8.75. The SMILES string of the molecule is O=C(c1ccc2c(c1)N(c1ncc(-c3ccccc3F)cn1)CC21COC1)N1CCOCC1. The zero-order valence-electron chi connectivity index (χ0n) is 18.0. The van der Waals surface area contributed by atoms with Crippen LogP contribution >= 0.6 is 0 Å². The Balaban J connectivity index is 1.34. The van der Waals surface area contributed by atoms with Crippen LogP contribution in [-0.4, -0.2) is 66.8 Å². The Kier molecular flexibility index (Phi) is 4.85.